The van der Waals surface area contributed by atoms with E-state index in [1.807, 2.05) is 0 Å². The van der Waals surface area contributed by atoms with Crippen LogP contribution in [0.3, 0.4) is 0 Å². The minimum atomic E-state index is -4.55. The van der Waals surface area contributed by atoms with Crippen molar-refractivity contribution in [2.75, 3.05) is 13.2 Å². The third-order valence-electron chi connectivity index (χ3n) is 4.09. The number of carbonyl (C=O) groups excluding carboxylic acids is 2. The summed E-state index contributed by atoms with van der Waals surface area (Å²) in [6.45, 7) is 1.73. The van der Waals surface area contributed by atoms with Crippen LogP contribution in [0.1, 0.15) is 77.6 Å². The van der Waals surface area contributed by atoms with Gasteiger partial charge < -0.3 is 18.9 Å². The Bertz CT molecular complexity index is 458. The molecule has 9 heteroatoms. The molecule has 0 aromatic heterocycles. The first-order chi connectivity index (χ1) is 12.0. The van der Waals surface area contributed by atoms with Crippen LogP contribution in [0.5, 0.6) is 0 Å². The SMILES string of the molecule is CCCCCCCCCCCCC(=O)OCC1COP(=O)([O-])C(=O)O1.[Na+]. The topological polar surface area (TPSA) is 102 Å². The minimum absolute atomic E-state index is 0. The van der Waals surface area contributed by atoms with Crippen LogP contribution < -0.4 is 34.5 Å². The molecule has 0 saturated carbocycles. The average Bonchev–Trinajstić information content (AvgIpc) is 2.58. The van der Waals surface area contributed by atoms with Crippen LogP contribution in [-0.2, 0) is 23.4 Å². The van der Waals surface area contributed by atoms with Crippen molar-refractivity contribution in [3.8, 4) is 0 Å². The molecule has 1 saturated heterocycles. The second-order valence-corrected chi connectivity index (χ2v) is 8.03. The number of hydrogen-bond donors (Lipinski definition) is 0. The molecule has 1 rings (SSSR count). The zero-order chi connectivity index (χ0) is 18.5. The van der Waals surface area contributed by atoms with E-state index in [4.69, 9.17) is 4.74 Å². The number of cyclic esters (lactones) is 1. The van der Waals surface area contributed by atoms with Gasteiger partial charge in [-0.3, -0.25) is 9.36 Å². The van der Waals surface area contributed by atoms with E-state index >= 15 is 0 Å². The molecule has 1 aliphatic rings. The molecule has 0 radical (unpaired) electrons. The fourth-order valence-electron chi connectivity index (χ4n) is 2.57. The van der Waals surface area contributed by atoms with Gasteiger partial charge in [0, 0.05) is 6.42 Å². The first kappa shape index (κ1) is 26.1. The van der Waals surface area contributed by atoms with E-state index in [2.05, 4.69) is 16.2 Å². The molecule has 0 amide bonds. The van der Waals surface area contributed by atoms with Gasteiger partial charge in [-0.15, -0.1) is 0 Å². The molecule has 0 aromatic carbocycles. The van der Waals surface area contributed by atoms with E-state index in [1.54, 1.807) is 0 Å². The van der Waals surface area contributed by atoms with E-state index in [1.165, 1.54) is 44.9 Å². The monoisotopic (exact) mass is 400 g/mol. The molecule has 0 spiro atoms. The molecule has 2 atom stereocenters. The fraction of sp³-hybridized carbons (Fsp3) is 0.882. The van der Waals surface area contributed by atoms with E-state index in [9.17, 15) is 19.0 Å². The molecule has 1 aliphatic heterocycles. The van der Waals surface area contributed by atoms with Gasteiger partial charge in [0.2, 0.25) is 7.60 Å². The number of esters is 1. The number of unbranched alkanes of at least 4 members (excludes halogenated alkanes) is 9. The molecule has 1 heterocycles. The van der Waals surface area contributed by atoms with E-state index in [0.29, 0.717) is 6.42 Å². The first-order valence-electron chi connectivity index (χ1n) is 9.28. The molecular weight excluding hydrogens is 370 g/mol. The van der Waals surface area contributed by atoms with Crippen molar-refractivity contribution in [1.29, 1.82) is 0 Å². The normalized spacial score (nSPS) is 22.4. The summed E-state index contributed by atoms with van der Waals surface area (Å²) in [5.74, 6) is -0.369. The third-order valence-corrected chi connectivity index (χ3v) is 5.13. The summed E-state index contributed by atoms with van der Waals surface area (Å²) in [5, 5.41) is 0. The smallest absolute Gasteiger partial charge is 0.770 e. The molecule has 2 unspecified atom stereocenters. The zero-order valence-electron chi connectivity index (χ0n) is 16.1. The van der Waals surface area contributed by atoms with Crippen molar-refractivity contribution in [3.05, 3.63) is 0 Å². The van der Waals surface area contributed by atoms with E-state index < -0.39 is 19.4 Å². The standard InChI is InChI=1S/C17H31O7P.Na/c1-2-3-4-5-6-7-8-9-10-11-12-16(18)22-13-15-14-23-25(20,21)17(19)24-15;/h15H,2-14H2,1H3,(H,20,21);/q;+1/p-1. The van der Waals surface area contributed by atoms with E-state index in [0.717, 1.165) is 19.3 Å². The van der Waals surface area contributed by atoms with Crippen LogP contribution in [0.4, 0.5) is 4.79 Å². The number of rotatable bonds is 13. The van der Waals surface area contributed by atoms with Crippen LogP contribution in [-0.4, -0.2) is 31.0 Å². The summed E-state index contributed by atoms with van der Waals surface area (Å²) in [6, 6.07) is 0. The van der Waals surface area contributed by atoms with Crippen molar-refractivity contribution in [2.24, 2.45) is 0 Å². The fourth-order valence-corrected chi connectivity index (χ4v) is 3.32. The number of hydrogen-bond acceptors (Lipinski definition) is 7. The van der Waals surface area contributed by atoms with Gasteiger partial charge in [0.15, 0.2) is 6.10 Å². The van der Waals surface area contributed by atoms with Crippen molar-refractivity contribution in [3.63, 3.8) is 0 Å². The Hall–Kier alpha value is 0.0900. The molecule has 0 bridgehead atoms. The van der Waals surface area contributed by atoms with E-state index in [-0.39, 0.29) is 48.7 Å². The summed E-state index contributed by atoms with van der Waals surface area (Å²) in [6.07, 6.45) is 11.3. The predicted octanol–water partition coefficient (Wildman–Crippen LogP) is 0.933. The van der Waals surface area contributed by atoms with Gasteiger partial charge in [0.1, 0.15) is 6.61 Å². The zero-order valence-corrected chi connectivity index (χ0v) is 19.0. The Morgan fingerprint density at radius 1 is 1.12 bits per heavy atom. The summed E-state index contributed by atoms with van der Waals surface area (Å²) < 4.78 is 25.1. The second-order valence-electron chi connectivity index (χ2n) is 6.41. The minimum Gasteiger partial charge on any atom is -0.770 e. The van der Waals surface area contributed by atoms with Crippen molar-refractivity contribution >= 4 is 19.3 Å². The van der Waals surface area contributed by atoms with Crippen LogP contribution in [0.25, 0.3) is 0 Å². The number of ether oxygens (including phenoxy) is 2. The van der Waals surface area contributed by atoms with Gasteiger partial charge in [-0.2, -0.15) is 0 Å². The molecule has 0 N–H and O–H groups in total. The summed E-state index contributed by atoms with van der Waals surface area (Å²) >= 11 is 0. The Balaban J connectivity index is 0.00000625. The van der Waals surface area contributed by atoms with Crippen molar-refractivity contribution in [2.45, 2.75) is 83.7 Å². The molecule has 7 nitrogen and oxygen atoms in total. The quantitative estimate of drug-likeness (QED) is 0.196. The molecule has 146 valence electrons. The Labute approximate surface area is 178 Å². The van der Waals surface area contributed by atoms with Gasteiger partial charge in [-0.25, -0.2) is 4.79 Å². The second kappa shape index (κ2) is 15.1. The molecular formula is C17H30NaO7P. The Kier molecular flexibility index (Phi) is 15.1. The van der Waals surface area contributed by atoms with Crippen molar-refractivity contribution in [1.82, 2.24) is 0 Å². The van der Waals surface area contributed by atoms with Crippen LogP contribution in [0.2, 0.25) is 0 Å². The maximum absolute atomic E-state index is 11.6. The summed E-state index contributed by atoms with van der Waals surface area (Å²) in [7, 11) is -4.55. The summed E-state index contributed by atoms with van der Waals surface area (Å²) in [5.41, 5.74) is -1.41. The molecule has 0 aliphatic carbocycles. The van der Waals surface area contributed by atoms with Gasteiger partial charge in [-0.1, -0.05) is 64.7 Å². The van der Waals surface area contributed by atoms with Crippen LogP contribution in [0.15, 0.2) is 0 Å². The Morgan fingerprint density at radius 3 is 2.19 bits per heavy atom. The van der Waals surface area contributed by atoms with Gasteiger partial charge in [0.25, 0.3) is 0 Å². The summed E-state index contributed by atoms with van der Waals surface area (Å²) in [4.78, 5) is 33.7. The molecule has 1 fully saturated rings. The Morgan fingerprint density at radius 2 is 1.65 bits per heavy atom. The van der Waals surface area contributed by atoms with Crippen LogP contribution in [0, 0.1) is 0 Å². The first-order valence-corrected chi connectivity index (χ1v) is 10.8. The van der Waals surface area contributed by atoms with Gasteiger partial charge in [-0.05, 0) is 6.42 Å². The maximum Gasteiger partial charge on any atom is 1.00 e. The molecule has 0 aromatic rings. The largest absolute Gasteiger partial charge is 1.00 e. The predicted molar refractivity (Wildman–Crippen MR) is 91.2 cm³/mol. The van der Waals surface area contributed by atoms with Crippen LogP contribution >= 0.6 is 7.60 Å². The van der Waals surface area contributed by atoms with Gasteiger partial charge in [0.05, 0.1) is 6.61 Å². The van der Waals surface area contributed by atoms with Gasteiger partial charge >= 0.3 is 41.2 Å². The maximum atomic E-state index is 11.6. The van der Waals surface area contributed by atoms with Crippen molar-refractivity contribution < 1.29 is 62.6 Å². The average molecular weight is 400 g/mol. The third kappa shape index (κ3) is 11.7. The number of carbonyl (C=O) groups is 2. The molecule has 26 heavy (non-hydrogen) atoms.